The maximum Gasteiger partial charge on any atom is 0.243 e. The summed E-state index contributed by atoms with van der Waals surface area (Å²) in [5.41, 5.74) is 0. The SMILES string of the molecule is O=S(=O)(c1ccc(Br)cc1)N1CCCN(CCBr)CC1. The average molecular weight is 426 g/mol. The van der Waals surface area contributed by atoms with Gasteiger partial charge in [-0.2, -0.15) is 4.31 Å². The van der Waals surface area contributed by atoms with Crippen LogP contribution in [0.25, 0.3) is 0 Å². The minimum Gasteiger partial charge on any atom is -0.301 e. The molecule has 0 amide bonds. The normalized spacial score (nSPS) is 18.9. The third kappa shape index (κ3) is 4.04. The highest BCUT2D eigenvalue weighted by atomic mass is 79.9. The molecule has 1 aromatic carbocycles. The summed E-state index contributed by atoms with van der Waals surface area (Å²) in [4.78, 5) is 2.67. The summed E-state index contributed by atoms with van der Waals surface area (Å²) in [6.07, 6.45) is 0.878. The molecular formula is C13H18Br2N2O2S. The molecule has 2 rings (SSSR count). The molecule has 0 aromatic heterocycles. The van der Waals surface area contributed by atoms with E-state index in [4.69, 9.17) is 0 Å². The van der Waals surface area contributed by atoms with Gasteiger partial charge >= 0.3 is 0 Å². The first-order valence-electron chi connectivity index (χ1n) is 6.58. The molecule has 7 heteroatoms. The molecule has 1 saturated heterocycles. The maximum atomic E-state index is 12.6. The number of sulfonamides is 1. The van der Waals surface area contributed by atoms with Crippen LogP contribution in [0.5, 0.6) is 0 Å². The van der Waals surface area contributed by atoms with E-state index >= 15 is 0 Å². The van der Waals surface area contributed by atoms with Crippen LogP contribution in [0.4, 0.5) is 0 Å². The molecule has 0 spiro atoms. The van der Waals surface area contributed by atoms with Crippen molar-refractivity contribution in [2.75, 3.05) is 38.1 Å². The summed E-state index contributed by atoms with van der Waals surface area (Å²) in [5, 5.41) is 0.923. The molecule has 1 aliphatic heterocycles. The first kappa shape index (κ1) is 16.4. The monoisotopic (exact) mass is 424 g/mol. The van der Waals surface area contributed by atoms with Gasteiger partial charge in [-0.25, -0.2) is 8.42 Å². The molecule has 1 heterocycles. The van der Waals surface area contributed by atoms with Gasteiger partial charge in [-0.3, -0.25) is 0 Å². The van der Waals surface area contributed by atoms with Crippen molar-refractivity contribution in [1.29, 1.82) is 0 Å². The Bertz CT molecular complexity index is 534. The minimum absolute atomic E-state index is 0.370. The lowest BCUT2D eigenvalue weighted by Gasteiger charge is -2.21. The Labute approximate surface area is 137 Å². The smallest absolute Gasteiger partial charge is 0.243 e. The zero-order valence-electron chi connectivity index (χ0n) is 11.1. The molecule has 0 N–H and O–H groups in total. The molecule has 4 nitrogen and oxygen atoms in total. The molecule has 112 valence electrons. The second kappa shape index (κ2) is 7.35. The van der Waals surface area contributed by atoms with Gasteiger partial charge in [-0.15, -0.1) is 0 Å². The predicted molar refractivity (Wildman–Crippen MR) is 87.8 cm³/mol. The van der Waals surface area contributed by atoms with Crippen LogP contribution in [0, 0.1) is 0 Å². The Morgan fingerprint density at radius 2 is 1.75 bits per heavy atom. The number of hydrogen-bond donors (Lipinski definition) is 0. The van der Waals surface area contributed by atoms with Crippen molar-refractivity contribution in [2.24, 2.45) is 0 Å². The molecule has 1 fully saturated rings. The predicted octanol–water partition coefficient (Wildman–Crippen LogP) is 2.54. The Kier molecular flexibility index (Phi) is 6.04. The molecule has 0 saturated carbocycles. The number of halogens is 2. The molecule has 1 aliphatic rings. The summed E-state index contributed by atoms with van der Waals surface area (Å²) in [6.45, 7) is 3.87. The number of hydrogen-bond acceptors (Lipinski definition) is 3. The molecule has 1 aromatic rings. The summed E-state index contributed by atoms with van der Waals surface area (Å²) in [7, 11) is -3.37. The topological polar surface area (TPSA) is 40.6 Å². The van der Waals surface area contributed by atoms with E-state index in [1.807, 2.05) is 0 Å². The van der Waals surface area contributed by atoms with Crippen molar-refractivity contribution < 1.29 is 8.42 Å². The molecular weight excluding hydrogens is 408 g/mol. The van der Waals surface area contributed by atoms with Crippen molar-refractivity contribution in [2.45, 2.75) is 11.3 Å². The number of rotatable bonds is 4. The zero-order valence-corrected chi connectivity index (χ0v) is 15.1. The third-order valence-corrected chi connectivity index (χ3v) is 6.20. The quantitative estimate of drug-likeness (QED) is 0.696. The molecule has 20 heavy (non-hydrogen) atoms. The first-order valence-corrected chi connectivity index (χ1v) is 9.93. The van der Waals surface area contributed by atoms with Gasteiger partial charge in [0.15, 0.2) is 0 Å². The van der Waals surface area contributed by atoms with E-state index in [1.54, 1.807) is 28.6 Å². The van der Waals surface area contributed by atoms with Crippen molar-refractivity contribution in [3.63, 3.8) is 0 Å². The van der Waals surface area contributed by atoms with Crippen molar-refractivity contribution >= 4 is 41.9 Å². The second-order valence-corrected chi connectivity index (χ2v) is 8.39. The second-order valence-electron chi connectivity index (χ2n) is 4.74. The zero-order chi connectivity index (χ0) is 14.6. The Morgan fingerprint density at radius 1 is 1.05 bits per heavy atom. The summed E-state index contributed by atoms with van der Waals surface area (Å²) >= 11 is 6.76. The van der Waals surface area contributed by atoms with E-state index in [1.165, 1.54) is 0 Å². The summed E-state index contributed by atoms with van der Waals surface area (Å²) in [6, 6.07) is 6.84. The van der Waals surface area contributed by atoms with Crippen LogP contribution >= 0.6 is 31.9 Å². The van der Waals surface area contributed by atoms with E-state index in [0.717, 1.165) is 35.9 Å². The highest BCUT2D eigenvalue weighted by Crippen LogP contribution is 2.20. The molecule has 0 unspecified atom stereocenters. The van der Waals surface area contributed by atoms with Crippen LogP contribution in [0.15, 0.2) is 33.6 Å². The third-order valence-electron chi connectivity index (χ3n) is 3.40. The van der Waals surface area contributed by atoms with Gasteiger partial charge in [0.2, 0.25) is 10.0 Å². The number of benzene rings is 1. The molecule has 0 aliphatic carbocycles. The largest absolute Gasteiger partial charge is 0.301 e. The average Bonchev–Trinajstić information content (AvgIpc) is 2.66. The fourth-order valence-electron chi connectivity index (χ4n) is 2.29. The summed E-state index contributed by atoms with van der Waals surface area (Å²) < 4.78 is 27.7. The van der Waals surface area contributed by atoms with Crippen LogP contribution in [0.2, 0.25) is 0 Å². The van der Waals surface area contributed by atoms with Crippen molar-refractivity contribution in [3.8, 4) is 0 Å². The van der Waals surface area contributed by atoms with Crippen LogP contribution in [-0.4, -0.2) is 55.7 Å². The lowest BCUT2D eigenvalue weighted by Crippen LogP contribution is -2.35. The van der Waals surface area contributed by atoms with Crippen LogP contribution in [0.3, 0.4) is 0 Å². The van der Waals surface area contributed by atoms with Gasteiger partial charge in [0, 0.05) is 36.0 Å². The Balaban J connectivity index is 2.11. The van der Waals surface area contributed by atoms with E-state index in [0.29, 0.717) is 18.0 Å². The first-order chi connectivity index (χ1) is 9.54. The van der Waals surface area contributed by atoms with Gasteiger partial charge in [0.1, 0.15) is 0 Å². The highest BCUT2D eigenvalue weighted by molar-refractivity contribution is 9.10. The lowest BCUT2D eigenvalue weighted by atomic mass is 10.4. The summed E-state index contributed by atoms with van der Waals surface area (Å²) in [5.74, 6) is 0. The maximum absolute atomic E-state index is 12.6. The fraction of sp³-hybridized carbons (Fsp3) is 0.538. The number of nitrogens with zero attached hydrogens (tertiary/aromatic N) is 2. The minimum atomic E-state index is -3.37. The van der Waals surface area contributed by atoms with E-state index < -0.39 is 10.0 Å². The van der Waals surface area contributed by atoms with E-state index in [9.17, 15) is 8.42 Å². The lowest BCUT2D eigenvalue weighted by molar-refractivity contribution is 0.305. The highest BCUT2D eigenvalue weighted by Gasteiger charge is 2.26. The van der Waals surface area contributed by atoms with E-state index in [-0.39, 0.29) is 0 Å². The molecule has 0 atom stereocenters. The standard InChI is InChI=1S/C13H18Br2N2O2S/c14-6-9-16-7-1-8-17(11-10-16)20(18,19)13-4-2-12(15)3-5-13/h2-5H,1,6-11H2. The fourth-order valence-corrected chi connectivity index (χ4v) is 4.52. The van der Waals surface area contributed by atoms with Crippen LogP contribution in [-0.2, 0) is 10.0 Å². The van der Waals surface area contributed by atoms with Gasteiger partial charge < -0.3 is 4.90 Å². The Hall–Kier alpha value is 0.0500. The molecule has 0 bridgehead atoms. The van der Waals surface area contributed by atoms with Gasteiger partial charge in [-0.05, 0) is 37.2 Å². The van der Waals surface area contributed by atoms with Crippen molar-refractivity contribution in [1.82, 2.24) is 9.21 Å². The number of alkyl halides is 1. The van der Waals surface area contributed by atoms with Gasteiger partial charge in [0.25, 0.3) is 0 Å². The van der Waals surface area contributed by atoms with Crippen LogP contribution in [0.1, 0.15) is 6.42 Å². The Morgan fingerprint density at radius 3 is 2.40 bits per heavy atom. The van der Waals surface area contributed by atoms with Crippen LogP contribution < -0.4 is 0 Å². The van der Waals surface area contributed by atoms with Crippen molar-refractivity contribution in [3.05, 3.63) is 28.7 Å². The van der Waals surface area contributed by atoms with E-state index in [2.05, 4.69) is 36.8 Å². The molecule has 0 radical (unpaired) electrons. The van der Waals surface area contributed by atoms with Gasteiger partial charge in [0.05, 0.1) is 4.90 Å². The van der Waals surface area contributed by atoms with Gasteiger partial charge in [-0.1, -0.05) is 31.9 Å².